The zero-order valence-corrected chi connectivity index (χ0v) is 24.0. The smallest absolute Gasteiger partial charge is 0.356 e. The average Bonchev–Trinajstić information content (AvgIpc) is 3.04. The summed E-state index contributed by atoms with van der Waals surface area (Å²) in [6.07, 6.45) is 2.73. The maximum Gasteiger partial charge on any atom is 0.356 e. The molecule has 1 fully saturated rings. The molecule has 0 radical (unpaired) electrons. The second kappa shape index (κ2) is 12.6. The third-order valence-electron chi connectivity index (χ3n) is 6.84. The summed E-state index contributed by atoms with van der Waals surface area (Å²) in [6.45, 7) is 0. The summed E-state index contributed by atoms with van der Waals surface area (Å²) in [5.74, 6) is -0.810. The summed E-state index contributed by atoms with van der Waals surface area (Å²) < 4.78 is 6.18. The number of carbonyl (C=O) groups is 3. The Morgan fingerprint density at radius 2 is 1.50 bits per heavy atom. The Hall–Kier alpha value is -4.41. The molecule has 2 aliphatic heterocycles. The van der Waals surface area contributed by atoms with Crippen LogP contribution in [0, 0.1) is 0 Å². The summed E-state index contributed by atoms with van der Waals surface area (Å²) in [4.78, 5) is 51.0. The molecule has 0 saturated carbocycles. The van der Waals surface area contributed by atoms with Crippen LogP contribution in [-0.4, -0.2) is 49.8 Å². The van der Waals surface area contributed by atoms with E-state index in [4.69, 9.17) is 4.74 Å². The molecule has 0 bridgehead atoms. The third kappa shape index (κ3) is 5.95. The van der Waals surface area contributed by atoms with E-state index in [1.54, 1.807) is 18.5 Å². The van der Waals surface area contributed by atoms with Crippen molar-refractivity contribution in [3.63, 3.8) is 0 Å². The van der Waals surface area contributed by atoms with Crippen LogP contribution in [0.4, 0.5) is 0 Å². The first-order valence-electron chi connectivity index (χ1n) is 13.4. The molecule has 2 aliphatic rings. The van der Waals surface area contributed by atoms with Crippen LogP contribution in [0.15, 0.2) is 125 Å². The van der Waals surface area contributed by atoms with Gasteiger partial charge in [0.2, 0.25) is 5.91 Å². The van der Waals surface area contributed by atoms with E-state index in [0.717, 1.165) is 16.7 Å². The van der Waals surface area contributed by atoms with Crippen LogP contribution in [-0.2, 0) is 25.5 Å². The molecule has 210 valence electrons. The number of thioether (sulfide) groups is 2. The van der Waals surface area contributed by atoms with E-state index in [1.807, 2.05) is 91.0 Å². The van der Waals surface area contributed by atoms with E-state index < -0.39 is 23.5 Å². The highest BCUT2D eigenvalue weighted by atomic mass is 32.2. The van der Waals surface area contributed by atoms with Gasteiger partial charge in [0.05, 0.1) is 6.42 Å². The number of amides is 2. The number of ether oxygens (including phenoxy) is 1. The van der Waals surface area contributed by atoms with Gasteiger partial charge in [-0.15, -0.1) is 11.8 Å². The molecule has 1 N–H and O–H groups in total. The molecule has 2 atom stereocenters. The maximum atomic E-state index is 14.0. The van der Waals surface area contributed by atoms with E-state index in [2.05, 4.69) is 15.3 Å². The van der Waals surface area contributed by atoms with E-state index in [-0.39, 0.29) is 23.9 Å². The number of benzene rings is 3. The molecular weight excluding hydrogens is 569 g/mol. The van der Waals surface area contributed by atoms with Crippen molar-refractivity contribution in [1.29, 1.82) is 0 Å². The Morgan fingerprint density at radius 3 is 2.12 bits per heavy atom. The number of β-lactam (4-membered cyclic amide) rings is 1. The van der Waals surface area contributed by atoms with E-state index >= 15 is 0 Å². The lowest BCUT2D eigenvalue weighted by atomic mass is 10.0. The minimum Gasteiger partial charge on any atom is -0.448 e. The molecule has 2 amide bonds. The topological polar surface area (TPSA) is 101 Å². The molecule has 1 unspecified atom stereocenters. The van der Waals surface area contributed by atoms with Gasteiger partial charge in [-0.1, -0.05) is 103 Å². The Labute approximate surface area is 251 Å². The summed E-state index contributed by atoms with van der Waals surface area (Å²) in [5.41, 5.74) is 2.63. The highest BCUT2D eigenvalue weighted by molar-refractivity contribution is 8.06. The number of hydrogen-bond donors (Lipinski definition) is 1. The summed E-state index contributed by atoms with van der Waals surface area (Å²) in [6, 6.07) is 29.3. The highest BCUT2D eigenvalue weighted by Gasteiger charge is 2.55. The van der Waals surface area contributed by atoms with Gasteiger partial charge in [0.25, 0.3) is 5.91 Å². The Kier molecular flexibility index (Phi) is 8.34. The summed E-state index contributed by atoms with van der Waals surface area (Å²) in [5, 5.41) is 2.89. The third-order valence-corrected chi connectivity index (χ3v) is 9.28. The SMILES string of the molecule is O=C(Cc1ccccc1)NC1C(=O)N2C(C(=O)OC(c3ccccc3)c3ccccc3)=C(Sc3ncccn3)CS[C@H]12. The zero-order chi connectivity index (χ0) is 28.9. The second-order valence-electron chi connectivity index (χ2n) is 9.63. The Morgan fingerprint density at radius 1 is 0.905 bits per heavy atom. The fraction of sp³-hybridized carbons (Fsp3) is 0.156. The van der Waals surface area contributed by atoms with Crippen LogP contribution in [0.1, 0.15) is 22.8 Å². The summed E-state index contributed by atoms with van der Waals surface area (Å²) >= 11 is 2.71. The van der Waals surface area contributed by atoms with Crippen molar-refractivity contribution < 1.29 is 19.1 Å². The van der Waals surface area contributed by atoms with Crippen LogP contribution >= 0.6 is 23.5 Å². The van der Waals surface area contributed by atoms with Gasteiger partial charge in [-0.2, -0.15) is 0 Å². The number of nitrogens with one attached hydrogen (secondary N) is 1. The largest absolute Gasteiger partial charge is 0.448 e. The molecule has 4 aromatic rings. The van der Waals surface area contributed by atoms with E-state index in [9.17, 15) is 14.4 Å². The van der Waals surface area contributed by atoms with Gasteiger partial charge in [-0.05, 0) is 22.8 Å². The fourth-order valence-electron chi connectivity index (χ4n) is 4.86. The van der Waals surface area contributed by atoms with Gasteiger partial charge in [-0.25, -0.2) is 14.8 Å². The number of carbonyl (C=O) groups excluding carboxylic acids is 3. The molecule has 1 aromatic heterocycles. The average molecular weight is 595 g/mol. The molecule has 42 heavy (non-hydrogen) atoms. The predicted molar refractivity (Wildman–Crippen MR) is 161 cm³/mol. The minimum atomic E-state index is -0.743. The molecule has 0 aliphatic carbocycles. The standard InChI is InChI=1S/C32H26N4O4S2/c37-25(19-21-11-4-1-5-12-21)35-26-29(38)36-27(24(20-41-30(26)36)42-32-33-17-10-18-34-32)31(39)40-28(22-13-6-2-7-14-22)23-15-8-3-9-16-23/h1-18,26,28,30H,19-20H2,(H,35,37)/t26?,30-/m1/s1. The van der Waals surface area contributed by atoms with Crippen molar-refractivity contribution in [2.24, 2.45) is 0 Å². The number of fused-ring (bicyclic) bond motifs is 1. The van der Waals surface area contributed by atoms with Gasteiger partial charge in [0.15, 0.2) is 11.3 Å². The first kappa shape index (κ1) is 27.7. The van der Waals surface area contributed by atoms with Gasteiger partial charge >= 0.3 is 5.97 Å². The number of rotatable bonds is 9. The van der Waals surface area contributed by atoms with Gasteiger partial charge in [-0.3, -0.25) is 14.5 Å². The molecule has 6 rings (SSSR count). The lowest BCUT2D eigenvalue weighted by Crippen LogP contribution is -2.70. The van der Waals surface area contributed by atoms with Crippen molar-refractivity contribution in [3.05, 3.63) is 137 Å². The Bertz CT molecular complexity index is 1570. The van der Waals surface area contributed by atoms with Crippen molar-refractivity contribution in [1.82, 2.24) is 20.2 Å². The number of aromatic nitrogens is 2. The fourth-order valence-corrected chi connectivity index (χ4v) is 7.22. The van der Waals surface area contributed by atoms with Gasteiger partial charge in [0.1, 0.15) is 17.1 Å². The minimum absolute atomic E-state index is 0.159. The van der Waals surface area contributed by atoms with Crippen molar-refractivity contribution in [2.75, 3.05) is 5.75 Å². The van der Waals surface area contributed by atoms with Crippen LogP contribution in [0.2, 0.25) is 0 Å². The quantitative estimate of drug-likeness (QED) is 0.168. The van der Waals surface area contributed by atoms with Crippen LogP contribution < -0.4 is 5.32 Å². The molecule has 0 spiro atoms. The molecular formula is C32H26N4O4S2. The number of nitrogens with zero attached hydrogens (tertiary/aromatic N) is 3. The Balaban J connectivity index is 1.28. The van der Waals surface area contributed by atoms with Crippen LogP contribution in [0.5, 0.6) is 0 Å². The monoisotopic (exact) mass is 594 g/mol. The summed E-state index contributed by atoms with van der Waals surface area (Å²) in [7, 11) is 0. The van der Waals surface area contributed by atoms with E-state index in [0.29, 0.717) is 15.8 Å². The maximum absolute atomic E-state index is 14.0. The van der Waals surface area contributed by atoms with E-state index in [1.165, 1.54) is 28.4 Å². The highest BCUT2D eigenvalue weighted by Crippen LogP contribution is 2.45. The molecule has 8 nitrogen and oxygen atoms in total. The van der Waals surface area contributed by atoms with Crippen LogP contribution in [0.3, 0.4) is 0 Å². The normalized spacial score (nSPS) is 17.8. The van der Waals surface area contributed by atoms with Crippen molar-refractivity contribution in [3.8, 4) is 0 Å². The van der Waals surface area contributed by atoms with Gasteiger partial charge in [0, 0.05) is 23.1 Å². The molecule has 10 heteroatoms. The molecule has 1 saturated heterocycles. The van der Waals surface area contributed by atoms with Crippen molar-refractivity contribution in [2.45, 2.75) is 29.1 Å². The first-order chi connectivity index (χ1) is 20.6. The zero-order valence-electron chi connectivity index (χ0n) is 22.3. The second-order valence-corrected chi connectivity index (χ2v) is 11.8. The molecule has 3 heterocycles. The van der Waals surface area contributed by atoms with Crippen LogP contribution in [0.25, 0.3) is 0 Å². The number of hydrogen-bond acceptors (Lipinski definition) is 8. The van der Waals surface area contributed by atoms with Crippen molar-refractivity contribution >= 4 is 41.3 Å². The van der Waals surface area contributed by atoms with Gasteiger partial charge < -0.3 is 10.1 Å². The molecule has 3 aromatic carbocycles. The first-order valence-corrected chi connectivity index (χ1v) is 15.2. The number of esters is 1. The lowest BCUT2D eigenvalue weighted by molar-refractivity contribution is -0.154. The lowest BCUT2D eigenvalue weighted by Gasteiger charge is -2.49. The predicted octanol–water partition coefficient (Wildman–Crippen LogP) is 4.76.